The fourth-order valence-corrected chi connectivity index (χ4v) is 2.00. The van der Waals surface area contributed by atoms with Gasteiger partial charge in [0.15, 0.2) is 0 Å². The zero-order valence-electron chi connectivity index (χ0n) is 8.73. The number of aliphatic hydroxyl groups is 1. The Bertz CT molecular complexity index is 278. The monoisotopic (exact) mass is 211 g/mol. The van der Waals surface area contributed by atoms with Crippen molar-refractivity contribution in [2.45, 2.75) is 26.4 Å². The first-order chi connectivity index (χ1) is 6.75. The predicted molar refractivity (Wildman–Crippen MR) is 61.5 cm³/mol. The third kappa shape index (κ3) is 3.31. The van der Waals surface area contributed by atoms with E-state index in [9.17, 15) is 5.11 Å². The van der Waals surface area contributed by atoms with E-state index in [0.29, 0.717) is 0 Å². The van der Waals surface area contributed by atoms with E-state index >= 15 is 0 Å². The number of rotatable bonds is 5. The van der Waals surface area contributed by atoms with Crippen LogP contribution in [0.3, 0.4) is 0 Å². The fourth-order valence-electron chi connectivity index (χ4n) is 1.32. The van der Waals surface area contributed by atoms with Gasteiger partial charge in [0.25, 0.3) is 0 Å². The largest absolute Gasteiger partial charge is 0.388 e. The van der Waals surface area contributed by atoms with E-state index < -0.39 is 0 Å². The van der Waals surface area contributed by atoms with Gasteiger partial charge in [0.05, 0.1) is 6.10 Å². The summed E-state index contributed by atoms with van der Waals surface area (Å²) in [4.78, 5) is 4.03. The normalized spacial score (nSPS) is 12.8. The van der Waals surface area contributed by atoms with Crippen molar-refractivity contribution in [3.8, 4) is 0 Å². The van der Waals surface area contributed by atoms with Gasteiger partial charge in [-0.2, -0.15) is 11.8 Å². The van der Waals surface area contributed by atoms with Crippen LogP contribution in [0.1, 0.15) is 30.6 Å². The molecule has 3 heteroatoms. The van der Waals surface area contributed by atoms with Gasteiger partial charge in [-0.25, -0.2) is 0 Å². The molecule has 0 aliphatic heterocycles. The topological polar surface area (TPSA) is 33.1 Å². The van der Waals surface area contributed by atoms with E-state index in [2.05, 4.69) is 11.9 Å². The van der Waals surface area contributed by atoms with Crippen molar-refractivity contribution in [1.29, 1.82) is 0 Å². The molecule has 0 aromatic carbocycles. The van der Waals surface area contributed by atoms with Crippen molar-refractivity contribution in [1.82, 2.24) is 4.98 Å². The molecule has 1 aromatic rings. The van der Waals surface area contributed by atoms with Gasteiger partial charge in [-0.1, -0.05) is 6.92 Å². The lowest BCUT2D eigenvalue weighted by atomic mass is 10.1. The molecule has 0 spiro atoms. The maximum atomic E-state index is 9.87. The van der Waals surface area contributed by atoms with Crippen LogP contribution in [0.5, 0.6) is 0 Å². The van der Waals surface area contributed by atoms with Gasteiger partial charge in [0, 0.05) is 18.0 Å². The molecule has 0 aliphatic rings. The molecule has 0 amide bonds. The third-order valence-electron chi connectivity index (χ3n) is 2.18. The lowest BCUT2D eigenvalue weighted by Gasteiger charge is -2.12. The Labute approximate surface area is 89.8 Å². The molecular weight excluding hydrogens is 194 g/mol. The Hall–Kier alpha value is -0.540. The fraction of sp³-hybridized carbons (Fsp3) is 0.545. The molecule has 1 aromatic heterocycles. The lowest BCUT2D eigenvalue weighted by Crippen LogP contribution is -2.02. The van der Waals surface area contributed by atoms with E-state index in [1.165, 1.54) is 0 Å². The summed E-state index contributed by atoms with van der Waals surface area (Å²) in [6.45, 7) is 4.14. The van der Waals surface area contributed by atoms with Gasteiger partial charge in [-0.05, 0) is 36.5 Å². The van der Waals surface area contributed by atoms with E-state index in [4.69, 9.17) is 0 Å². The predicted octanol–water partition coefficient (Wildman–Crippen LogP) is 2.57. The maximum Gasteiger partial charge on any atom is 0.0815 e. The highest BCUT2D eigenvalue weighted by molar-refractivity contribution is 7.99. The molecule has 14 heavy (non-hydrogen) atoms. The summed E-state index contributed by atoms with van der Waals surface area (Å²) >= 11 is 1.86. The second kappa shape index (κ2) is 6.04. The van der Waals surface area contributed by atoms with Crippen LogP contribution >= 0.6 is 11.8 Å². The number of thioether (sulfide) groups is 1. The smallest absolute Gasteiger partial charge is 0.0815 e. The zero-order valence-corrected chi connectivity index (χ0v) is 9.55. The molecule has 0 aliphatic carbocycles. The molecule has 1 N–H and O–H groups in total. The van der Waals surface area contributed by atoms with Crippen molar-refractivity contribution in [2.24, 2.45) is 0 Å². The standard InChI is InChI=1S/C11H17NOS/c1-3-14-7-5-11(13)10-8-12-6-4-9(10)2/h4,6,8,11,13H,3,5,7H2,1-2H3. The van der Waals surface area contributed by atoms with Crippen LogP contribution in [0.4, 0.5) is 0 Å². The van der Waals surface area contributed by atoms with Gasteiger partial charge < -0.3 is 5.11 Å². The summed E-state index contributed by atoms with van der Waals surface area (Å²) in [5.74, 6) is 2.12. The molecule has 0 saturated carbocycles. The first-order valence-electron chi connectivity index (χ1n) is 4.92. The minimum Gasteiger partial charge on any atom is -0.388 e. The van der Waals surface area contributed by atoms with Crippen LogP contribution in [-0.2, 0) is 0 Å². The van der Waals surface area contributed by atoms with Gasteiger partial charge in [0.1, 0.15) is 0 Å². The maximum absolute atomic E-state index is 9.87. The second-order valence-corrected chi connectivity index (χ2v) is 4.63. The van der Waals surface area contributed by atoms with E-state index in [0.717, 1.165) is 29.1 Å². The van der Waals surface area contributed by atoms with Gasteiger partial charge in [0.2, 0.25) is 0 Å². The molecule has 78 valence electrons. The quantitative estimate of drug-likeness (QED) is 0.760. The minimum absolute atomic E-state index is 0.359. The minimum atomic E-state index is -0.359. The van der Waals surface area contributed by atoms with E-state index in [1.54, 1.807) is 12.4 Å². The third-order valence-corrected chi connectivity index (χ3v) is 3.11. The summed E-state index contributed by atoms with van der Waals surface area (Å²) in [6.07, 6.45) is 3.97. The van der Waals surface area contributed by atoms with Crippen LogP contribution < -0.4 is 0 Å². The summed E-state index contributed by atoms with van der Waals surface area (Å²) in [7, 11) is 0. The first-order valence-corrected chi connectivity index (χ1v) is 6.07. The Balaban J connectivity index is 2.51. The Morgan fingerprint density at radius 2 is 2.36 bits per heavy atom. The number of hydrogen-bond acceptors (Lipinski definition) is 3. The van der Waals surface area contributed by atoms with Crippen LogP contribution in [0.2, 0.25) is 0 Å². The number of hydrogen-bond donors (Lipinski definition) is 1. The summed E-state index contributed by atoms with van der Waals surface area (Å²) in [5.41, 5.74) is 2.08. The lowest BCUT2D eigenvalue weighted by molar-refractivity contribution is 0.174. The molecule has 1 heterocycles. The highest BCUT2D eigenvalue weighted by Crippen LogP contribution is 2.20. The number of pyridine rings is 1. The Kier molecular flexibility index (Phi) is 4.98. The van der Waals surface area contributed by atoms with Crippen molar-refractivity contribution >= 4 is 11.8 Å². The second-order valence-electron chi connectivity index (χ2n) is 3.23. The van der Waals surface area contributed by atoms with E-state index in [1.807, 2.05) is 24.8 Å². The van der Waals surface area contributed by atoms with E-state index in [-0.39, 0.29) is 6.10 Å². The van der Waals surface area contributed by atoms with Crippen molar-refractivity contribution < 1.29 is 5.11 Å². The molecule has 1 rings (SSSR count). The van der Waals surface area contributed by atoms with Crippen LogP contribution in [0.25, 0.3) is 0 Å². The number of aromatic nitrogens is 1. The van der Waals surface area contributed by atoms with Crippen LogP contribution in [-0.4, -0.2) is 21.6 Å². The van der Waals surface area contributed by atoms with Gasteiger partial charge in [-0.3, -0.25) is 4.98 Å². The van der Waals surface area contributed by atoms with Crippen molar-refractivity contribution in [3.63, 3.8) is 0 Å². The molecule has 0 radical (unpaired) electrons. The molecule has 0 bridgehead atoms. The number of aliphatic hydroxyl groups excluding tert-OH is 1. The Morgan fingerprint density at radius 1 is 1.57 bits per heavy atom. The molecule has 0 saturated heterocycles. The molecule has 2 nitrogen and oxygen atoms in total. The molecule has 0 fully saturated rings. The summed E-state index contributed by atoms with van der Waals surface area (Å²) < 4.78 is 0. The summed E-state index contributed by atoms with van der Waals surface area (Å²) in [6, 6.07) is 1.94. The first kappa shape index (κ1) is 11.5. The number of aryl methyl sites for hydroxylation is 1. The highest BCUT2D eigenvalue weighted by Gasteiger charge is 2.09. The van der Waals surface area contributed by atoms with Crippen molar-refractivity contribution in [2.75, 3.05) is 11.5 Å². The molecular formula is C11H17NOS. The molecule has 1 unspecified atom stereocenters. The Morgan fingerprint density at radius 3 is 3.00 bits per heavy atom. The number of nitrogens with zero attached hydrogens (tertiary/aromatic N) is 1. The highest BCUT2D eigenvalue weighted by atomic mass is 32.2. The van der Waals surface area contributed by atoms with Crippen LogP contribution in [0.15, 0.2) is 18.5 Å². The van der Waals surface area contributed by atoms with Crippen LogP contribution in [0, 0.1) is 6.92 Å². The average molecular weight is 211 g/mol. The summed E-state index contributed by atoms with van der Waals surface area (Å²) in [5, 5.41) is 9.87. The zero-order chi connectivity index (χ0) is 10.4. The molecule has 1 atom stereocenters. The average Bonchev–Trinajstić information content (AvgIpc) is 2.18. The van der Waals surface area contributed by atoms with Gasteiger partial charge >= 0.3 is 0 Å². The van der Waals surface area contributed by atoms with Crippen molar-refractivity contribution in [3.05, 3.63) is 29.6 Å². The SMILES string of the molecule is CCSCCC(O)c1cnccc1C. The van der Waals surface area contributed by atoms with Gasteiger partial charge in [-0.15, -0.1) is 0 Å².